The van der Waals surface area contributed by atoms with Gasteiger partial charge < -0.3 is 5.11 Å². The lowest BCUT2D eigenvalue weighted by Crippen LogP contribution is -1.90. The Kier molecular flexibility index (Phi) is 3.72. The van der Waals surface area contributed by atoms with Crippen LogP contribution in [0.5, 0.6) is 5.75 Å². The molecule has 6 heteroatoms. The van der Waals surface area contributed by atoms with Crippen molar-refractivity contribution in [1.82, 2.24) is 0 Å². The Balaban J connectivity index is 2.06. The molecule has 0 atom stereocenters. The Morgan fingerprint density at radius 3 is 2.61 bits per heavy atom. The molecular weight excluding hydrogens is 294 g/mol. The zero-order chi connectivity index (χ0) is 16.4. The summed E-state index contributed by atoms with van der Waals surface area (Å²) in [5.74, 6) is 0.00839. The molecule has 0 aliphatic carbocycles. The van der Waals surface area contributed by atoms with E-state index in [4.69, 9.17) is 0 Å². The summed E-state index contributed by atoms with van der Waals surface area (Å²) in [6.07, 6.45) is 0. The number of hydrogen-bond acceptors (Lipinski definition) is 5. The van der Waals surface area contributed by atoms with Crippen LogP contribution in [0, 0.1) is 17.0 Å². The highest BCUT2D eigenvalue weighted by atomic mass is 16.6. The van der Waals surface area contributed by atoms with E-state index in [0.29, 0.717) is 16.9 Å². The lowest BCUT2D eigenvalue weighted by atomic mass is 10.1. The summed E-state index contributed by atoms with van der Waals surface area (Å²) in [5, 5.41) is 30.8. The highest BCUT2D eigenvalue weighted by Gasteiger charge is 2.11. The third kappa shape index (κ3) is 2.87. The predicted octanol–water partition coefficient (Wildman–Crippen LogP) is 5.18. The maximum Gasteiger partial charge on any atom is 0.274 e. The van der Waals surface area contributed by atoms with E-state index >= 15 is 0 Å². The molecule has 114 valence electrons. The average molecular weight is 307 g/mol. The Hall–Kier alpha value is -3.28. The zero-order valence-corrected chi connectivity index (χ0v) is 12.3. The van der Waals surface area contributed by atoms with Gasteiger partial charge in [-0.2, -0.15) is 5.11 Å². The molecule has 0 fully saturated rings. The Morgan fingerprint density at radius 1 is 1.04 bits per heavy atom. The number of nitro benzene ring substituents is 1. The summed E-state index contributed by atoms with van der Waals surface area (Å²) < 4.78 is 0. The minimum atomic E-state index is -0.455. The lowest BCUT2D eigenvalue weighted by Gasteiger charge is -2.03. The molecule has 3 aromatic rings. The second-order valence-electron chi connectivity index (χ2n) is 5.08. The molecule has 23 heavy (non-hydrogen) atoms. The second kappa shape index (κ2) is 5.84. The van der Waals surface area contributed by atoms with E-state index in [1.807, 2.05) is 24.3 Å². The van der Waals surface area contributed by atoms with Gasteiger partial charge in [-0.25, -0.2) is 0 Å². The second-order valence-corrected chi connectivity index (χ2v) is 5.08. The first-order chi connectivity index (χ1) is 11.1. The van der Waals surface area contributed by atoms with Gasteiger partial charge in [0, 0.05) is 17.0 Å². The molecule has 3 rings (SSSR count). The van der Waals surface area contributed by atoms with Crippen molar-refractivity contribution in [2.45, 2.75) is 6.92 Å². The largest absolute Gasteiger partial charge is 0.506 e. The first-order valence-electron chi connectivity index (χ1n) is 6.94. The number of benzene rings is 3. The summed E-state index contributed by atoms with van der Waals surface area (Å²) >= 11 is 0. The number of aryl methyl sites for hydroxylation is 1. The number of azo groups is 1. The fourth-order valence-corrected chi connectivity index (χ4v) is 2.31. The van der Waals surface area contributed by atoms with Gasteiger partial charge in [-0.15, -0.1) is 5.11 Å². The minimum absolute atomic E-state index is 0.00839. The number of hydrogen-bond donors (Lipinski definition) is 1. The van der Waals surface area contributed by atoms with Gasteiger partial charge in [0.2, 0.25) is 0 Å². The van der Waals surface area contributed by atoms with Gasteiger partial charge in [0.25, 0.3) is 5.69 Å². The van der Waals surface area contributed by atoms with Crippen LogP contribution in [0.25, 0.3) is 10.8 Å². The highest BCUT2D eigenvalue weighted by Crippen LogP contribution is 2.36. The third-order valence-corrected chi connectivity index (χ3v) is 3.53. The first-order valence-corrected chi connectivity index (χ1v) is 6.94. The van der Waals surface area contributed by atoms with E-state index in [1.54, 1.807) is 31.2 Å². The van der Waals surface area contributed by atoms with E-state index in [2.05, 4.69) is 10.2 Å². The zero-order valence-electron chi connectivity index (χ0n) is 12.3. The van der Waals surface area contributed by atoms with Gasteiger partial charge in [-0.1, -0.05) is 36.4 Å². The van der Waals surface area contributed by atoms with Crippen LogP contribution in [0.2, 0.25) is 0 Å². The summed E-state index contributed by atoms with van der Waals surface area (Å²) in [5.41, 5.74) is 1.24. The molecule has 6 nitrogen and oxygen atoms in total. The Labute approximate surface area is 131 Å². The van der Waals surface area contributed by atoms with Crippen LogP contribution in [-0.4, -0.2) is 10.0 Å². The molecule has 0 aliphatic rings. The smallest absolute Gasteiger partial charge is 0.274 e. The Morgan fingerprint density at radius 2 is 1.83 bits per heavy atom. The summed E-state index contributed by atoms with van der Waals surface area (Å²) in [6.45, 7) is 1.66. The number of phenols is 1. The molecule has 0 saturated heterocycles. The quantitative estimate of drug-likeness (QED) is 0.411. The number of aromatic hydroxyl groups is 1. The van der Waals surface area contributed by atoms with Crippen molar-refractivity contribution in [2.75, 3.05) is 0 Å². The molecular formula is C17H13N3O3. The number of nitrogens with zero attached hydrogens (tertiary/aromatic N) is 3. The average Bonchev–Trinajstić information content (AvgIpc) is 2.55. The van der Waals surface area contributed by atoms with Gasteiger partial charge in [-0.05, 0) is 24.4 Å². The van der Waals surface area contributed by atoms with Gasteiger partial charge in [0.15, 0.2) is 0 Å². The van der Waals surface area contributed by atoms with Crippen molar-refractivity contribution in [1.29, 1.82) is 0 Å². The normalized spacial score (nSPS) is 11.2. The van der Waals surface area contributed by atoms with E-state index < -0.39 is 4.92 Å². The number of phenolic OH excluding ortho intramolecular Hbond substituents is 1. The van der Waals surface area contributed by atoms with Gasteiger partial charge in [0.1, 0.15) is 11.4 Å². The number of fused-ring (bicyclic) bond motifs is 1. The SMILES string of the molecule is Cc1ccc(N=Nc2c(O)ccc3ccccc23)cc1[N+](=O)[O-]. The first kappa shape index (κ1) is 14.6. The topological polar surface area (TPSA) is 88.1 Å². The predicted molar refractivity (Wildman–Crippen MR) is 87.6 cm³/mol. The van der Waals surface area contributed by atoms with Crippen LogP contribution >= 0.6 is 0 Å². The van der Waals surface area contributed by atoms with Crippen molar-refractivity contribution in [3.63, 3.8) is 0 Å². The molecule has 0 bridgehead atoms. The molecule has 1 N–H and O–H groups in total. The summed E-state index contributed by atoms with van der Waals surface area (Å²) in [4.78, 5) is 10.5. The van der Waals surface area contributed by atoms with Crippen LogP contribution in [0.15, 0.2) is 64.8 Å². The van der Waals surface area contributed by atoms with Crippen molar-refractivity contribution in [3.8, 4) is 5.75 Å². The van der Waals surface area contributed by atoms with Crippen molar-refractivity contribution >= 4 is 27.8 Å². The van der Waals surface area contributed by atoms with Gasteiger partial charge in [-0.3, -0.25) is 10.1 Å². The monoisotopic (exact) mass is 307 g/mol. The third-order valence-electron chi connectivity index (χ3n) is 3.53. The fourth-order valence-electron chi connectivity index (χ4n) is 2.31. The number of rotatable bonds is 3. The molecule has 3 aromatic carbocycles. The Bertz CT molecular complexity index is 936. The molecule has 0 saturated carbocycles. The van der Waals surface area contributed by atoms with Crippen molar-refractivity contribution < 1.29 is 10.0 Å². The van der Waals surface area contributed by atoms with Crippen LogP contribution in [0.1, 0.15) is 5.56 Å². The van der Waals surface area contributed by atoms with Crippen molar-refractivity contribution in [2.24, 2.45) is 10.2 Å². The number of nitro groups is 1. The van der Waals surface area contributed by atoms with E-state index in [-0.39, 0.29) is 11.4 Å². The van der Waals surface area contributed by atoms with E-state index in [9.17, 15) is 15.2 Å². The fraction of sp³-hybridized carbons (Fsp3) is 0.0588. The minimum Gasteiger partial charge on any atom is -0.506 e. The van der Waals surface area contributed by atoms with Crippen LogP contribution in [0.3, 0.4) is 0 Å². The van der Waals surface area contributed by atoms with E-state index in [0.717, 1.165) is 10.8 Å². The van der Waals surface area contributed by atoms with Crippen LogP contribution in [-0.2, 0) is 0 Å². The van der Waals surface area contributed by atoms with Gasteiger partial charge >= 0.3 is 0 Å². The lowest BCUT2D eigenvalue weighted by molar-refractivity contribution is -0.385. The molecule has 0 unspecified atom stereocenters. The summed E-state index contributed by atoms with van der Waals surface area (Å²) in [6, 6.07) is 15.5. The maximum atomic E-state index is 11.0. The van der Waals surface area contributed by atoms with E-state index in [1.165, 1.54) is 6.07 Å². The highest BCUT2D eigenvalue weighted by molar-refractivity contribution is 5.95. The molecule has 0 heterocycles. The van der Waals surface area contributed by atoms with Crippen molar-refractivity contribution in [3.05, 3.63) is 70.3 Å². The van der Waals surface area contributed by atoms with Gasteiger partial charge in [0.05, 0.1) is 10.6 Å². The van der Waals surface area contributed by atoms with Crippen LogP contribution in [0.4, 0.5) is 17.1 Å². The van der Waals surface area contributed by atoms with Crippen LogP contribution < -0.4 is 0 Å². The summed E-state index contributed by atoms with van der Waals surface area (Å²) in [7, 11) is 0. The molecule has 0 amide bonds. The molecule has 0 aromatic heterocycles. The molecule has 0 spiro atoms. The standard InChI is InChI=1S/C17H13N3O3/c1-11-6-8-13(10-15(11)20(22)23)18-19-17-14-5-3-2-4-12(14)7-9-16(17)21/h2-10,21H,1H3. The maximum absolute atomic E-state index is 11.0. The molecule has 0 radical (unpaired) electrons. The molecule has 0 aliphatic heterocycles.